The third-order valence-electron chi connectivity index (χ3n) is 8.45. The number of benzene rings is 2. The topological polar surface area (TPSA) is 155 Å². The molecule has 1 aromatic heterocycles. The first-order chi connectivity index (χ1) is 20.6. The van der Waals surface area contributed by atoms with Crippen molar-refractivity contribution in [2.75, 3.05) is 13.7 Å². The van der Waals surface area contributed by atoms with E-state index in [1.54, 1.807) is 57.5 Å². The second kappa shape index (κ2) is 12.9. The molecule has 2 fully saturated rings. The van der Waals surface area contributed by atoms with Gasteiger partial charge in [0.25, 0.3) is 5.91 Å². The molecule has 0 spiro atoms. The Labute approximate surface area is 250 Å². The predicted octanol–water partition coefficient (Wildman–Crippen LogP) is 2.84. The fourth-order valence-electron chi connectivity index (χ4n) is 5.64. The molecule has 3 amide bonds. The number of nitrogens with one attached hydrogen (secondary N) is 4. The maximum Gasteiger partial charge on any atom is 0.251 e. The van der Waals surface area contributed by atoms with Crippen molar-refractivity contribution in [2.45, 2.75) is 76.1 Å². The van der Waals surface area contributed by atoms with E-state index >= 15 is 0 Å². The van der Waals surface area contributed by atoms with Crippen LogP contribution in [-0.4, -0.2) is 71.1 Å². The molecule has 4 N–H and O–H groups in total. The van der Waals surface area contributed by atoms with Gasteiger partial charge in [-0.15, -0.1) is 0 Å². The number of aromatic amines is 1. The molecule has 5 rings (SSSR count). The minimum Gasteiger partial charge on any atom is -0.497 e. The molecule has 1 aliphatic heterocycles. The molecule has 1 saturated heterocycles. The quantitative estimate of drug-likeness (QED) is 0.224. The monoisotopic (exact) mass is 589 g/mol. The van der Waals surface area contributed by atoms with Crippen molar-refractivity contribution in [1.82, 2.24) is 26.1 Å². The zero-order chi connectivity index (χ0) is 30.6. The number of ketones is 1. The van der Waals surface area contributed by atoms with Gasteiger partial charge in [-0.05, 0) is 62.1 Å². The van der Waals surface area contributed by atoms with Gasteiger partial charge in [-0.3, -0.25) is 24.3 Å². The van der Waals surface area contributed by atoms with Crippen LogP contribution in [-0.2, 0) is 25.5 Å². The summed E-state index contributed by atoms with van der Waals surface area (Å²) >= 11 is 0. The normalized spacial score (nSPS) is 20.2. The fourth-order valence-corrected chi connectivity index (χ4v) is 5.64. The van der Waals surface area contributed by atoms with E-state index in [4.69, 9.17) is 9.47 Å². The van der Waals surface area contributed by atoms with E-state index in [2.05, 4.69) is 26.1 Å². The molecule has 0 radical (unpaired) electrons. The zero-order valence-electron chi connectivity index (χ0n) is 24.8. The fraction of sp³-hybridized carbons (Fsp3) is 0.469. The number of hydrogen-bond donors (Lipinski definition) is 4. The molecule has 2 heterocycles. The Hall–Kier alpha value is -4.25. The molecule has 3 aromatic rings. The minimum absolute atomic E-state index is 0.141. The standard InChI is InChI=1S/C32H39N5O6/c1-19(34-30(40)22-10-13-25-23(16-22)17-33-37-25)29(39)36-27(15-21-8-11-24(42-3)12-9-21)31(41)35-26(14-20-6-4-5-7-20)28(38)32(2)18-43-32/h8-13,16-17,19-20,26-27H,4-7,14-15,18H2,1-3H3,(H,33,37)(H,34,40)(H,35,41)(H,36,39)/t19-,26+,27+,32-/m1/s1. The molecule has 11 nitrogen and oxygen atoms in total. The largest absolute Gasteiger partial charge is 0.497 e. The van der Waals surface area contributed by atoms with Crippen LogP contribution in [0.3, 0.4) is 0 Å². The highest BCUT2D eigenvalue weighted by Crippen LogP contribution is 2.33. The van der Waals surface area contributed by atoms with Crippen molar-refractivity contribution in [1.29, 1.82) is 0 Å². The molecule has 11 heteroatoms. The summed E-state index contributed by atoms with van der Waals surface area (Å²) in [6.45, 7) is 3.64. The van der Waals surface area contributed by atoms with Crippen molar-refractivity contribution >= 4 is 34.4 Å². The van der Waals surface area contributed by atoms with E-state index in [0.29, 0.717) is 30.3 Å². The van der Waals surface area contributed by atoms with E-state index in [0.717, 1.165) is 42.1 Å². The third-order valence-corrected chi connectivity index (χ3v) is 8.45. The van der Waals surface area contributed by atoms with Crippen LogP contribution in [0.4, 0.5) is 0 Å². The van der Waals surface area contributed by atoms with Gasteiger partial charge in [0, 0.05) is 17.4 Å². The summed E-state index contributed by atoms with van der Waals surface area (Å²) < 4.78 is 10.7. The Morgan fingerprint density at radius 1 is 1.02 bits per heavy atom. The second-order valence-corrected chi connectivity index (χ2v) is 11.8. The number of hydrogen-bond acceptors (Lipinski definition) is 7. The summed E-state index contributed by atoms with van der Waals surface area (Å²) in [5.74, 6) is -0.545. The first kappa shape index (κ1) is 30.2. The molecule has 43 heavy (non-hydrogen) atoms. The average molecular weight is 590 g/mol. The van der Waals surface area contributed by atoms with Crippen LogP contribution in [0.25, 0.3) is 10.9 Å². The van der Waals surface area contributed by atoms with Gasteiger partial charge in [0.05, 0.1) is 31.5 Å². The Kier molecular flexibility index (Phi) is 9.10. The Bertz CT molecular complexity index is 1470. The zero-order valence-corrected chi connectivity index (χ0v) is 24.8. The number of H-pyrrole nitrogens is 1. The predicted molar refractivity (Wildman–Crippen MR) is 160 cm³/mol. The number of rotatable bonds is 13. The van der Waals surface area contributed by atoms with Crippen LogP contribution >= 0.6 is 0 Å². The molecule has 0 unspecified atom stereocenters. The molecule has 2 aliphatic rings. The highest BCUT2D eigenvalue weighted by molar-refractivity contribution is 6.01. The number of fused-ring (bicyclic) bond motifs is 1. The minimum atomic E-state index is -0.991. The number of epoxide rings is 1. The third kappa shape index (κ3) is 7.40. The smallest absolute Gasteiger partial charge is 0.251 e. The number of nitrogens with zero attached hydrogens (tertiary/aromatic N) is 1. The highest BCUT2D eigenvalue weighted by Gasteiger charge is 2.50. The van der Waals surface area contributed by atoms with Gasteiger partial charge in [-0.25, -0.2) is 0 Å². The number of carbonyl (C=O) groups excluding carboxylic acids is 4. The summed E-state index contributed by atoms with van der Waals surface area (Å²) in [6, 6.07) is 9.64. The molecule has 1 saturated carbocycles. The highest BCUT2D eigenvalue weighted by atomic mass is 16.6. The van der Waals surface area contributed by atoms with E-state index in [-0.39, 0.29) is 12.2 Å². The lowest BCUT2D eigenvalue weighted by Crippen LogP contribution is -2.57. The molecular formula is C32H39N5O6. The van der Waals surface area contributed by atoms with Crippen molar-refractivity contribution in [3.05, 3.63) is 59.8 Å². The average Bonchev–Trinajstić information content (AvgIpc) is 3.36. The van der Waals surface area contributed by atoms with Crippen LogP contribution in [0.15, 0.2) is 48.7 Å². The maximum absolute atomic E-state index is 13.8. The Morgan fingerprint density at radius 3 is 2.40 bits per heavy atom. The van der Waals surface area contributed by atoms with Crippen molar-refractivity contribution < 1.29 is 28.7 Å². The van der Waals surface area contributed by atoms with E-state index < -0.39 is 41.4 Å². The van der Waals surface area contributed by atoms with Crippen molar-refractivity contribution in [2.24, 2.45) is 5.92 Å². The summed E-state index contributed by atoms with van der Waals surface area (Å²) in [5.41, 5.74) is 1.08. The van der Waals surface area contributed by atoms with E-state index in [1.807, 2.05) is 12.1 Å². The number of methoxy groups -OCH3 is 1. The van der Waals surface area contributed by atoms with Crippen LogP contribution < -0.4 is 20.7 Å². The second-order valence-electron chi connectivity index (χ2n) is 11.8. The first-order valence-electron chi connectivity index (χ1n) is 14.8. The Balaban J connectivity index is 1.29. The molecular weight excluding hydrogens is 550 g/mol. The lowest BCUT2D eigenvalue weighted by Gasteiger charge is -2.26. The van der Waals surface area contributed by atoms with Gasteiger partial charge in [-0.2, -0.15) is 5.10 Å². The summed E-state index contributed by atoms with van der Waals surface area (Å²) in [7, 11) is 1.57. The van der Waals surface area contributed by atoms with Gasteiger partial charge < -0.3 is 25.4 Å². The van der Waals surface area contributed by atoms with E-state index in [1.165, 1.54) is 0 Å². The summed E-state index contributed by atoms with van der Waals surface area (Å²) in [6.07, 6.45) is 6.61. The molecule has 0 bridgehead atoms. The first-order valence-corrected chi connectivity index (χ1v) is 14.8. The molecule has 1 aliphatic carbocycles. The van der Waals surface area contributed by atoms with Crippen LogP contribution in [0, 0.1) is 5.92 Å². The molecule has 228 valence electrons. The van der Waals surface area contributed by atoms with Gasteiger partial charge in [0.2, 0.25) is 11.8 Å². The van der Waals surface area contributed by atoms with Crippen LogP contribution in [0.5, 0.6) is 5.75 Å². The molecule has 4 atom stereocenters. The van der Waals surface area contributed by atoms with Gasteiger partial charge in [-0.1, -0.05) is 37.8 Å². The number of amides is 3. The number of Topliss-reactive ketones (excluding diaryl/α,β-unsaturated/α-hetero) is 1. The van der Waals surface area contributed by atoms with Gasteiger partial charge >= 0.3 is 0 Å². The van der Waals surface area contributed by atoms with Crippen molar-refractivity contribution in [3.63, 3.8) is 0 Å². The van der Waals surface area contributed by atoms with Crippen LogP contribution in [0.1, 0.15) is 61.9 Å². The van der Waals surface area contributed by atoms with Crippen LogP contribution in [0.2, 0.25) is 0 Å². The van der Waals surface area contributed by atoms with E-state index in [9.17, 15) is 19.2 Å². The molecule has 2 aromatic carbocycles. The SMILES string of the molecule is COc1ccc(C[C@H](NC(=O)[C@@H](C)NC(=O)c2ccc3[nH]ncc3c2)C(=O)N[C@@H](CC2CCCC2)C(=O)[C@@]2(C)CO2)cc1. The summed E-state index contributed by atoms with van der Waals surface area (Å²) in [5, 5.41) is 16.1. The number of aromatic nitrogens is 2. The number of carbonyl (C=O) groups is 4. The van der Waals surface area contributed by atoms with Gasteiger partial charge in [0.15, 0.2) is 5.78 Å². The number of ether oxygens (including phenoxy) is 2. The maximum atomic E-state index is 13.8. The lowest BCUT2D eigenvalue weighted by molar-refractivity contribution is -0.133. The Morgan fingerprint density at radius 2 is 1.72 bits per heavy atom. The van der Waals surface area contributed by atoms with Crippen molar-refractivity contribution in [3.8, 4) is 5.75 Å². The lowest BCUT2D eigenvalue weighted by atomic mass is 9.90. The summed E-state index contributed by atoms with van der Waals surface area (Å²) in [4.78, 5) is 53.4. The van der Waals surface area contributed by atoms with Gasteiger partial charge in [0.1, 0.15) is 23.4 Å².